The Morgan fingerprint density at radius 1 is 1.20 bits per heavy atom. The largest absolute Gasteiger partial charge is 0.292 e. The van der Waals surface area contributed by atoms with E-state index in [1.807, 2.05) is 30.3 Å². The van der Waals surface area contributed by atoms with Crippen molar-refractivity contribution >= 4 is 32.6 Å². The van der Waals surface area contributed by atoms with Gasteiger partial charge in [-0.15, -0.1) is 0 Å². The quantitative estimate of drug-likeness (QED) is 0.724. The first-order valence-electron chi connectivity index (χ1n) is 7.24. The van der Waals surface area contributed by atoms with Gasteiger partial charge in [-0.2, -0.15) is 0 Å². The van der Waals surface area contributed by atoms with E-state index >= 15 is 0 Å². The van der Waals surface area contributed by atoms with E-state index in [0.29, 0.717) is 5.69 Å². The number of nitrogens with zero attached hydrogens (tertiary/aromatic N) is 1. The monoisotopic (exact) mass is 331 g/mol. The third-order valence-corrected chi connectivity index (χ3v) is 4.90. The molecule has 1 fully saturated rings. The van der Waals surface area contributed by atoms with Crippen LogP contribution in [0, 0.1) is 11.8 Å². The zero-order valence-corrected chi connectivity index (χ0v) is 13.2. The molecule has 1 heterocycles. The smallest absolute Gasteiger partial charge is 0.185 e. The zero-order chi connectivity index (χ0) is 14.1. The molecule has 104 valence electrons. The molecule has 0 amide bonds. The SMILES string of the molecule is CC1CCC(C(=O)c2nc3ccccc3cc2Br)CC1. The molecule has 3 heteroatoms. The first-order valence-corrected chi connectivity index (χ1v) is 8.04. The summed E-state index contributed by atoms with van der Waals surface area (Å²) >= 11 is 3.51. The minimum Gasteiger partial charge on any atom is -0.292 e. The van der Waals surface area contributed by atoms with Gasteiger partial charge in [0.05, 0.1) is 5.52 Å². The van der Waals surface area contributed by atoms with Gasteiger partial charge in [0.1, 0.15) is 5.69 Å². The maximum atomic E-state index is 12.7. The average molecular weight is 332 g/mol. The number of ketones is 1. The van der Waals surface area contributed by atoms with Crippen molar-refractivity contribution in [3.63, 3.8) is 0 Å². The minimum atomic E-state index is 0.149. The Morgan fingerprint density at radius 2 is 1.90 bits per heavy atom. The van der Waals surface area contributed by atoms with Crippen LogP contribution in [-0.2, 0) is 0 Å². The molecule has 0 unspecified atom stereocenters. The molecule has 0 radical (unpaired) electrons. The number of benzene rings is 1. The van der Waals surface area contributed by atoms with Crippen LogP contribution < -0.4 is 0 Å². The van der Waals surface area contributed by atoms with Crippen LogP contribution in [0.5, 0.6) is 0 Å². The number of hydrogen-bond donors (Lipinski definition) is 0. The first-order chi connectivity index (χ1) is 9.65. The molecule has 1 aromatic heterocycles. The van der Waals surface area contributed by atoms with Crippen molar-refractivity contribution in [1.82, 2.24) is 4.98 Å². The summed E-state index contributed by atoms with van der Waals surface area (Å²) in [4.78, 5) is 17.3. The molecule has 0 N–H and O–H groups in total. The van der Waals surface area contributed by atoms with E-state index in [-0.39, 0.29) is 11.7 Å². The summed E-state index contributed by atoms with van der Waals surface area (Å²) in [5.41, 5.74) is 1.49. The van der Waals surface area contributed by atoms with Gasteiger partial charge in [0, 0.05) is 15.8 Å². The van der Waals surface area contributed by atoms with Gasteiger partial charge < -0.3 is 0 Å². The predicted octanol–water partition coefficient (Wildman–Crippen LogP) is 5.01. The van der Waals surface area contributed by atoms with E-state index in [4.69, 9.17) is 0 Å². The van der Waals surface area contributed by atoms with Crippen LogP contribution in [0.2, 0.25) is 0 Å². The summed E-state index contributed by atoms with van der Waals surface area (Å²) in [6.07, 6.45) is 4.31. The van der Waals surface area contributed by atoms with Crippen LogP contribution >= 0.6 is 15.9 Å². The number of fused-ring (bicyclic) bond motifs is 1. The number of carbonyl (C=O) groups is 1. The number of para-hydroxylation sites is 1. The van der Waals surface area contributed by atoms with Crippen molar-refractivity contribution in [3.8, 4) is 0 Å². The molecular formula is C17H18BrNO. The van der Waals surface area contributed by atoms with Crippen molar-refractivity contribution in [2.24, 2.45) is 11.8 Å². The van der Waals surface area contributed by atoms with Gasteiger partial charge >= 0.3 is 0 Å². The van der Waals surface area contributed by atoms with E-state index < -0.39 is 0 Å². The average Bonchev–Trinajstić information content (AvgIpc) is 2.46. The van der Waals surface area contributed by atoms with Crippen LogP contribution in [0.15, 0.2) is 34.8 Å². The number of pyridine rings is 1. The Balaban J connectivity index is 1.93. The van der Waals surface area contributed by atoms with E-state index in [1.54, 1.807) is 0 Å². The molecule has 20 heavy (non-hydrogen) atoms. The molecule has 0 bridgehead atoms. The lowest BCUT2D eigenvalue weighted by Crippen LogP contribution is -2.22. The highest BCUT2D eigenvalue weighted by atomic mass is 79.9. The van der Waals surface area contributed by atoms with Crippen LogP contribution in [0.1, 0.15) is 43.1 Å². The molecule has 1 saturated carbocycles. The summed E-state index contributed by atoms with van der Waals surface area (Å²) in [5.74, 6) is 1.11. The molecule has 1 aromatic carbocycles. The van der Waals surface area contributed by atoms with E-state index in [1.165, 1.54) is 0 Å². The van der Waals surface area contributed by atoms with Gasteiger partial charge in [-0.05, 0) is 46.8 Å². The fourth-order valence-corrected chi connectivity index (χ4v) is 3.51. The molecule has 2 aromatic rings. The third-order valence-electron chi connectivity index (χ3n) is 4.30. The Hall–Kier alpha value is -1.22. The van der Waals surface area contributed by atoms with Gasteiger partial charge in [0.15, 0.2) is 5.78 Å². The molecule has 1 aliphatic carbocycles. The lowest BCUT2D eigenvalue weighted by molar-refractivity contribution is 0.0870. The standard InChI is InChI=1S/C17H18BrNO/c1-11-6-8-12(9-7-11)17(20)16-14(18)10-13-4-2-3-5-15(13)19-16/h2-5,10-12H,6-9H2,1H3. The highest BCUT2D eigenvalue weighted by Crippen LogP contribution is 2.32. The fraction of sp³-hybridized carbons (Fsp3) is 0.412. The second-order valence-corrected chi connectivity index (χ2v) is 6.69. The van der Waals surface area contributed by atoms with E-state index in [2.05, 4.69) is 27.8 Å². The lowest BCUT2D eigenvalue weighted by Gasteiger charge is -2.25. The molecule has 0 atom stereocenters. The van der Waals surface area contributed by atoms with E-state index in [9.17, 15) is 4.79 Å². The Morgan fingerprint density at radius 3 is 2.65 bits per heavy atom. The normalized spacial score (nSPS) is 22.9. The Labute approximate surface area is 127 Å². The van der Waals surface area contributed by atoms with Gasteiger partial charge in [-0.3, -0.25) is 4.79 Å². The van der Waals surface area contributed by atoms with Crippen LogP contribution in [0.25, 0.3) is 10.9 Å². The van der Waals surface area contributed by atoms with Gasteiger partial charge in [-0.25, -0.2) is 4.98 Å². The number of carbonyl (C=O) groups excluding carboxylic acids is 1. The maximum Gasteiger partial charge on any atom is 0.185 e. The second-order valence-electron chi connectivity index (χ2n) is 5.83. The number of aromatic nitrogens is 1. The van der Waals surface area contributed by atoms with Gasteiger partial charge in [-0.1, -0.05) is 38.0 Å². The molecule has 2 nitrogen and oxygen atoms in total. The second kappa shape index (κ2) is 5.65. The summed E-state index contributed by atoms with van der Waals surface area (Å²) in [5, 5.41) is 1.06. The predicted molar refractivity (Wildman–Crippen MR) is 84.9 cm³/mol. The lowest BCUT2D eigenvalue weighted by atomic mass is 9.80. The molecule has 3 rings (SSSR count). The number of Topliss-reactive ketones (excluding diaryl/α,β-unsaturated/α-hetero) is 1. The minimum absolute atomic E-state index is 0.149. The topological polar surface area (TPSA) is 30.0 Å². The molecule has 0 aliphatic heterocycles. The highest BCUT2D eigenvalue weighted by Gasteiger charge is 2.27. The number of hydrogen-bond acceptors (Lipinski definition) is 2. The highest BCUT2D eigenvalue weighted by molar-refractivity contribution is 9.10. The van der Waals surface area contributed by atoms with Crippen LogP contribution in [0.3, 0.4) is 0 Å². The van der Waals surface area contributed by atoms with Gasteiger partial charge in [0.25, 0.3) is 0 Å². The maximum absolute atomic E-state index is 12.7. The number of rotatable bonds is 2. The number of halogens is 1. The Bertz CT molecular complexity index is 644. The van der Waals surface area contributed by atoms with Crippen LogP contribution in [0.4, 0.5) is 0 Å². The summed E-state index contributed by atoms with van der Waals surface area (Å²) in [7, 11) is 0. The zero-order valence-electron chi connectivity index (χ0n) is 11.6. The summed E-state index contributed by atoms with van der Waals surface area (Å²) < 4.78 is 0.819. The van der Waals surface area contributed by atoms with Crippen molar-refractivity contribution < 1.29 is 4.79 Å². The van der Waals surface area contributed by atoms with Gasteiger partial charge in [0.2, 0.25) is 0 Å². The first kappa shape index (κ1) is 13.7. The van der Waals surface area contributed by atoms with Crippen molar-refractivity contribution in [1.29, 1.82) is 0 Å². The summed E-state index contributed by atoms with van der Waals surface area (Å²) in [6.45, 7) is 2.27. The van der Waals surface area contributed by atoms with Crippen LogP contribution in [-0.4, -0.2) is 10.8 Å². The molecule has 1 aliphatic rings. The van der Waals surface area contributed by atoms with Crippen molar-refractivity contribution in [2.75, 3.05) is 0 Å². The van der Waals surface area contributed by atoms with E-state index in [0.717, 1.165) is 47.0 Å². The Kier molecular flexibility index (Phi) is 3.88. The molecular weight excluding hydrogens is 314 g/mol. The van der Waals surface area contributed by atoms with Crippen molar-refractivity contribution in [3.05, 3.63) is 40.5 Å². The third kappa shape index (κ3) is 2.64. The molecule has 0 spiro atoms. The van der Waals surface area contributed by atoms with Crippen molar-refractivity contribution in [2.45, 2.75) is 32.6 Å². The fourth-order valence-electron chi connectivity index (χ4n) is 2.98. The summed E-state index contributed by atoms with van der Waals surface area (Å²) in [6, 6.07) is 9.92. The molecule has 0 saturated heterocycles.